The van der Waals surface area contributed by atoms with Crippen molar-refractivity contribution in [3.05, 3.63) is 28.7 Å². The van der Waals surface area contributed by atoms with Gasteiger partial charge in [0.2, 0.25) is 0 Å². The van der Waals surface area contributed by atoms with Gasteiger partial charge in [0.25, 0.3) is 0 Å². The Morgan fingerprint density at radius 2 is 1.73 bits per heavy atom. The van der Waals surface area contributed by atoms with Gasteiger partial charge in [0.1, 0.15) is 5.75 Å². The minimum atomic E-state index is -0.432. The lowest BCUT2D eigenvalue weighted by molar-refractivity contribution is -0.151. The minimum Gasteiger partial charge on any atom is -0.463 e. The first-order valence-corrected chi connectivity index (χ1v) is 8.46. The molecule has 0 aromatic heterocycles. The first kappa shape index (κ1) is 18.7. The van der Waals surface area contributed by atoms with Gasteiger partial charge in [0, 0.05) is 4.47 Å². The summed E-state index contributed by atoms with van der Waals surface area (Å²) in [5.74, 6) is -0.316. The average Bonchev–Trinajstić information content (AvgIpc) is 2.48. The molecule has 0 spiro atoms. The van der Waals surface area contributed by atoms with E-state index in [2.05, 4.69) is 22.9 Å². The van der Waals surface area contributed by atoms with Crippen LogP contribution in [0, 0.1) is 0 Å². The van der Waals surface area contributed by atoms with Crippen molar-refractivity contribution in [1.29, 1.82) is 0 Å². The van der Waals surface area contributed by atoms with Crippen LogP contribution in [0.5, 0.6) is 5.75 Å². The number of halogens is 1. The Bertz CT molecular complexity index is 470. The Morgan fingerprint density at radius 3 is 2.36 bits per heavy atom. The average molecular weight is 371 g/mol. The van der Waals surface area contributed by atoms with Crippen LogP contribution < -0.4 is 4.74 Å². The topological polar surface area (TPSA) is 52.6 Å². The molecular formula is C17H23BrO4. The standard InChI is InChI=1S/C17H23BrO4/c1-3-4-5-6-13(2)21-16(19)11-12-17(20)22-15-9-7-14(18)8-10-15/h7-10,13H,3-6,11-12H2,1-2H3. The van der Waals surface area contributed by atoms with Crippen LogP contribution in [0.3, 0.4) is 0 Å². The first-order chi connectivity index (χ1) is 10.5. The van der Waals surface area contributed by atoms with Crippen LogP contribution in [0.1, 0.15) is 52.4 Å². The summed E-state index contributed by atoms with van der Waals surface area (Å²) in [5.41, 5.74) is 0. The van der Waals surface area contributed by atoms with E-state index in [1.165, 1.54) is 0 Å². The third-order valence-electron chi connectivity index (χ3n) is 3.13. The molecule has 122 valence electrons. The fraction of sp³-hybridized carbons (Fsp3) is 0.529. The van der Waals surface area contributed by atoms with E-state index in [9.17, 15) is 9.59 Å². The SMILES string of the molecule is CCCCCC(C)OC(=O)CCC(=O)Oc1ccc(Br)cc1. The van der Waals surface area contributed by atoms with E-state index < -0.39 is 5.97 Å². The number of carbonyl (C=O) groups is 2. The van der Waals surface area contributed by atoms with Crippen molar-refractivity contribution < 1.29 is 19.1 Å². The van der Waals surface area contributed by atoms with Crippen LogP contribution in [-0.2, 0) is 14.3 Å². The summed E-state index contributed by atoms with van der Waals surface area (Å²) >= 11 is 3.31. The molecular weight excluding hydrogens is 348 g/mol. The number of ether oxygens (including phenoxy) is 2. The number of carbonyl (C=O) groups excluding carboxylic acids is 2. The summed E-state index contributed by atoms with van der Waals surface area (Å²) in [6.45, 7) is 4.02. The van der Waals surface area contributed by atoms with E-state index in [-0.39, 0.29) is 24.9 Å². The molecule has 1 unspecified atom stereocenters. The van der Waals surface area contributed by atoms with Crippen molar-refractivity contribution in [3.63, 3.8) is 0 Å². The smallest absolute Gasteiger partial charge is 0.311 e. The van der Waals surface area contributed by atoms with Gasteiger partial charge in [0.05, 0.1) is 18.9 Å². The highest BCUT2D eigenvalue weighted by molar-refractivity contribution is 9.10. The third-order valence-corrected chi connectivity index (χ3v) is 3.65. The van der Waals surface area contributed by atoms with Crippen LogP contribution in [0.4, 0.5) is 0 Å². The maximum atomic E-state index is 11.7. The number of rotatable bonds is 9. The normalized spacial score (nSPS) is 11.8. The van der Waals surface area contributed by atoms with Crippen LogP contribution in [-0.4, -0.2) is 18.0 Å². The molecule has 0 saturated carbocycles. The lowest BCUT2D eigenvalue weighted by Crippen LogP contribution is -2.17. The zero-order valence-electron chi connectivity index (χ0n) is 13.1. The molecule has 0 bridgehead atoms. The van der Waals surface area contributed by atoms with Gasteiger partial charge >= 0.3 is 11.9 Å². The van der Waals surface area contributed by atoms with E-state index in [0.29, 0.717) is 5.75 Å². The molecule has 5 heteroatoms. The van der Waals surface area contributed by atoms with Crippen LogP contribution >= 0.6 is 15.9 Å². The number of hydrogen-bond acceptors (Lipinski definition) is 4. The van der Waals surface area contributed by atoms with E-state index >= 15 is 0 Å². The van der Waals surface area contributed by atoms with Crippen molar-refractivity contribution in [2.45, 2.75) is 58.5 Å². The van der Waals surface area contributed by atoms with E-state index in [1.807, 2.05) is 6.92 Å². The molecule has 0 N–H and O–H groups in total. The highest BCUT2D eigenvalue weighted by Crippen LogP contribution is 2.17. The fourth-order valence-corrected chi connectivity index (χ4v) is 2.18. The Kier molecular flexibility index (Phi) is 8.82. The summed E-state index contributed by atoms with van der Waals surface area (Å²) in [4.78, 5) is 23.3. The van der Waals surface area contributed by atoms with Gasteiger partial charge in [-0.1, -0.05) is 35.7 Å². The Morgan fingerprint density at radius 1 is 1.09 bits per heavy atom. The minimum absolute atomic E-state index is 0.0244. The Hall–Kier alpha value is -1.36. The zero-order valence-corrected chi connectivity index (χ0v) is 14.7. The first-order valence-electron chi connectivity index (χ1n) is 7.67. The van der Waals surface area contributed by atoms with Crippen LogP contribution in [0.2, 0.25) is 0 Å². The number of benzene rings is 1. The molecule has 0 aliphatic rings. The molecule has 0 fully saturated rings. The second kappa shape index (κ2) is 10.4. The molecule has 1 aromatic carbocycles. The lowest BCUT2D eigenvalue weighted by Gasteiger charge is -2.12. The van der Waals surface area contributed by atoms with Crippen molar-refractivity contribution in [1.82, 2.24) is 0 Å². The summed E-state index contributed by atoms with van der Waals surface area (Å²) in [6, 6.07) is 6.95. The van der Waals surface area contributed by atoms with E-state index in [1.54, 1.807) is 24.3 Å². The highest BCUT2D eigenvalue weighted by Gasteiger charge is 2.13. The van der Waals surface area contributed by atoms with Crippen molar-refractivity contribution >= 4 is 27.9 Å². The summed E-state index contributed by atoms with van der Waals surface area (Å²) in [5, 5.41) is 0. The molecule has 4 nitrogen and oxygen atoms in total. The van der Waals surface area contributed by atoms with Gasteiger partial charge in [-0.15, -0.1) is 0 Å². The number of unbranched alkanes of at least 4 members (excludes halogenated alkanes) is 2. The quantitative estimate of drug-likeness (QED) is 0.360. The Labute approximate surface area is 140 Å². The molecule has 0 aliphatic carbocycles. The summed E-state index contributed by atoms with van der Waals surface area (Å²) in [6.07, 6.45) is 4.18. The molecule has 0 amide bonds. The number of hydrogen-bond donors (Lipinski definition) is 0. The molecule has 0 radical (unpaired) electrons. The monoisotopic (exact) mass is 370 g/mol. The molecule has 0 saturated heterocycles. The summed E-state index contributed by atoms with van der Waals surface area (Å²) in [7, 11) is 0. The number of esters is 2. The molecule has 22 heavy (non-hydrogen) atoms. The van der Waals surface area contributed by atoms with Gasteiger partial charge in [-0.05, 0) is 44.0 Å². The largest absolute Gasteiger partial charge is 0.463 e. The molecule has 0 heterocycles. The third kappa shape index (κ3) is 8.17. The lowest BCUT2D eigenvalue weighted by atomic mass is 10.1. The maximum Gasteiger partial charge on any atom is 0.311 e. The predicted octanol–water partition coefficient (Wildman–Crippen LogP) is 4.65. The van der Waals surface area contributed by atoms with Gasteiger partial charge in [-0.25, -0.2) is 0 Å². The summed E-state index contributed by atoms with van der Waals surface area (Å²) < 4.78 is 11.3. The van der Waals surface area contributed by atoms with Crippen molar-refractivity contribution in [2.24, 2.45) is 0 Å². The van der Waals surface area contributed by atoms with E-state index in [0.717, 1.165) is 30.2 Å². The Balaban J connectivity index is 2.22. The maximum absolute atomic E-state index is 11.7. The predicted molar refractivity (Wildman–Crippen MR) is 88.7 cm³/mol. The van der Waals surface area contributed by atoms with Crippen molar-refractivity contribution in [2.75, 3.05) is 0 Å². The van der Waals surface area contributed by atoms with Gasteiger partial charge in [0.15, 0.2) is 0 Å². The van der Waals surface area contributed by atoms with Gasteiger partial charge in [-0.2, -0.15) is 0 Å². The molecule has 1 rings (SSSR count). The molecule has 1 atom stereocenters. The van der Waals surface area contributed by atoms with Gasteiger partial charge in [-0.3, -0.25) is 9.59 Å². The van der Waals surface area contributed by atoms with Crippen LogP contribution in [0.25, 0.3) is 0 Å². The highest BCUT2D eigenvalue weighted by atomic mass is 79.9. The van der Waals surface area contributed by atoms with Crippen LogP contribution in [0.15, 0.2) is 28.7 Å². The second-order valence-corrected chi connectivity index (χ2v) is 6.14. The fourth-order valence-electron chi connectivity index (χ4n) is 1.91. The van der Waals surface area contributed by atoms with Crippen molar-refractivity contribution in [3.8, 4) is 5.75 Å². The second-order valence-electron chi connectivity index (χ2n) is 5.22. The molecule has 0 aliphatic heterocycles. The van der Waals surface area contributed by atoms with Gasteiger partial charge < -0.3 is 9.47 Å². The zero-order chi connectivity index (χ0) is 16.4. The molecule has 1 aromatic rings. The van der Waals surface area contributed by atoms with E-state index in [4.69, 9.17) is 9.47 Å².